The van der Waals surface area contributed by atoms with Crippen LogP contribution in [0, 0.1) is 0 Å². The summed E-state index contributed by atoms with van der Waals surface area (Å²) in [5.41, 5.74) is 14.4. The van der Waals surface area contributed by atoms with Crippen molar-refractivity contribution in [2.75, 3.05) is 0 Å². The quantitative estimate of drug-likeness (QED) is 0.269. The summed E-state index contributed by atoms with van der Waals surface area (Å²) in [5, 5.41) is 0. The second-order valence-electron chi connectivity index (χ2n) is 12.1. The van der Waals surface area contributed by atoms with Gasteiger partial charge in [-0.1, -0.05) is 0 Å². The largest absolute Gasteiger partial charge is 1.00 e. The maximum atomic E-state index is 5.29. The minimum Gasteiger partial charge on any atom is -1.00 e. The Bertz CT molecular complexity index is 2290. The van der Waals surface area contributed by atoms with Gasteiger partial charge in [-0.3, -0.25) is 0 Å². The number of imidazole rings is 4. The molecule has 7 aromatic heterocycles. The molecule has 0 spiro atoms. The van der Waals surface area contributed by atoms with E-state index in [2.05, 4.69) is 78.5 Å². The summed E-state index contributed by atoms with van der Waals surface area (Å²) in [7, 11) is 7.98. The van der Waals surface area contributed by atoms with Crippen LogP contribution in [-0.2, 0) is 45.3 Å². The number of rotatable bonds is 4. The van der Waals surface area contributed by atoms with Gasteiger partial charge in [0.15, 0.2) is 0 Å². The van der Waals surface area contributed by atoms with Crippen molar-refractivity contribution in [1.29, 1.82) is 0 Å². The molecule has 14 heteroatoms. The molecule has 0 aromatic carbocycles. The number of aromatic amines is 2. The number of halogens is 1. The zero-order chi connectivity index (χ0) is 32.5. The molecule has 7 aromatic rings. The summed E-state index contributed by atoms with van der Waals surface area (Å²) in [6.45, 7) is 0. The van der Waals surface area contributed by atoms with Gasteiger partial charge < -0.3 is 40.6 Å². The monoisotopic (exact) mass is 720 g/mol. The van der Waals surface area contributed by atoms with Gasteiger partial charge in [-0.2, -0.15) is 0 Å². The number of nitrogens with zero attached hydrogens (tertiary/aromatic N) is 10. The van der Waals surface area contributed by atoms with Crippen LogP contribution in [0.1, 0.15) is 22.8 Å². The molecule has 1 radical (unpaired) electrons. The Morgan fingerprint density at radius 2 is 0.660 bits per heavy atom. The Hall–Kier alpha value is -5.75. The predicted octanol–water partition coefficient (Wildman–Crippen LogP) is 3.26. The number of hydrogen-bond donors (Lipinski definition) is 2. The Labute approximate surface area is 303 Å². The first-order valence-electron chi connectivity index (χ1n) is 15.5. The first-order valence-corrected chi connectivity index (χ1v) is 15.5. The van der Waals surface area contributed by atoms with E-state index < -0.39 is 0 Å². The van der Waals surface area contributed by atoms with E-state index in [0.29, 0.717) is 0 Å². The van der Waals surface area contributed by atoms with Crippen molar-refractivity contribution in [3.05, 3.63) is 97.1 Å². The van der Waals surface area contributed by atoms with Gasteiger partial charge in [-0.05, 0) is 48.6 Å². The van der Waals surface area contributed by atoms with Crippen molar-refractivity contribution < 1.29 is 29.5 Å². The Balaban J connectivity index is 0.00000196. The minimum atomic E-state index is 0. The van der Waals surface area contributed by atoms with Crippen molar-refractivity contribution >= 4 is 46.4 Å². The molecule has 0 saturated carbocycles. The summed E-state index contributed by atoms with van der Waals surface area (Å²) in [6, 6.07) is 8.39. The van der Waals surface area contributed by atoms with Crippen LogP contribution < -0.4 is 12.4 Å². The van der Waals surface area contributed by atoms with Crippen LogP contribution in [0.25, 0.3) is 91.4 Å². The first-order chi connectivity index (χ1) is 23.4. The third-order valence-corrected chi connectivity index (χ3v) is 9.05. The Morgan fingerprint density at radius 3 is 0.860 bits per heavy atom. The van der Waals surface area contributed by atoms with Crippen LogP contribution >= 0.6 is 0 Å². The second kappa shape index (κ2) is 12.6. The van der Waals surface area contributed by atoms with E-state index in [4.69, 9.17) is 9.97 Å². The number of aryl methyl sites for hydroxylation is 4. The molecule has 9 heterocycles. The number of fused-ring (bicyclic) bond motifs is 8. The van der Waals surface area contributed by atoms with Crippen molar-refractivity contribution in [3.8, 4) is 45.0 Å². The zero-order valence-corrected chi connectivity index (χ0v) is 29.4. The molecule has 0 unspecified atom stereocenters. The smallest absolute Gasteiger partial charge is 0.0948 e. The molecule has 0 atom stereocenters. The third kappa shape index (κ3) is 5.14. The molecule has 12 nitrogen and oxygen atoms in total. The number of hydrogen-bond acceptors (Lipinski definition) is 6. The van der Waals surface area contributed by atoms with E-state index in [9.17, 15) is 0 Å². The van der Waals surface area contributed by atoms with Gasteiger partial charge in [-0.15, -0.1) is 0 Å². The average molecular weight is 721 g/mol. The molecule has 0 amide bonds. The Morgan fingerprint density at radius 1 is 0.420 bits per heavy atom. The zero-order valence-electron chi connectivity index (χ0n) is 27.5. The molecular formula is C36H30ClMnN12-. The molecular weight excluding hydrogens is 691 g/mol. The topological polar surface area (TPSA) is 129 Å². The SMILES string of the molecule is Cn1cncc1-c1c2nc(c(-c3cncn3C)c3ccc([nH]3)c(-c3cncn3C)c3nc(c(-c4cncn4C)c4ccc1[nH]4)C=C3)C=C2.[Cl-].[Mn]. The predicted molar refractivity (Wildman–Crippen MR) is 188 cm³/mol. The average Bonchev–Trinajstić information content (AvgIpc) is 3.91. The fourth-order valence-electron chi connectivity index (χ4n) is 6.68. The van der Waals surface area contributed by atoms with Crippen molar-refractivity contribution in [2.45, 2.75) is 0 Å². The van der Waals surface area contributed by atoms with Gasteiger partial charge >= 0.3 is 0 Å². The van der Waals surface area contributed by atoms with Crippen LogP contribution in [0.15, 0.2) is 74.4 Å². The summed E-state index contributed by atoms with van der Waals surface area (Å²) >= 11 is 0. The van der Waals surface area contributed by atoms with Gasteiger partial charge in [0.05, 0.1) is 118 Å². The minimum absolute atomic E-state index is 0. The fraction of sp³-hybridized carbons (Fsp3) is 0.111. The molecule has 0 fully saturated rings. The van der Waals surface area contributed by atoms with Crippen LogP contribution in [0.4, 0.5) is 0 Å². The number of aromatic nitrogens is 12. The maximum Gasteiger partial charge on any atom is 0.0948 e. The van der Waals surface area contributed by atoms with Gasteiger partial charge in [0.1, 0.15) is 0 Å². The van der Waals surface area contributed by atoms with Gasteiger partial charge in [0, 0.05) is 67.5 Å². The summed E-state index contributed by atoms with van der Waals surface area (Å²) in [5.74, 6) is 0. The molecule has 249 valence electrons. The molecule has 0 saturated heterocycles. The van der Waals surface area contributed by atoms with E-state index in [1.165, 1.54) is 0 Å². The van der Waals surface area contributed by atoms with Crippen LogP contribution in [0.3, 0.4) is 0 Å². The van der Waals surface area contributed by atoms with Gasteiger partial charge in [0.2, 0.25) is 0 Å². The maximum absolute atomic E-state index is 5.29. The Kier molecular flexibility index (Phi) is 8.27. The van der Waals surface area contributed by atoms with Gasteiger partial charge in [0.25, 0.3) is 0 Å². The van der Waals surface area contributed by atoms with Crippen LogP contribution in [-0.4, -0.2) is 58.1 Å². The normalized spacial score (nSPS) is 11.9. The summed E-state index contributed by atoms with van der Waals surface area (Å²) in [6.07, 6.45) is 23.0. The van der Waals surface area contributed by atoms with Gasteiger partial charge in [-0.25, -0.2) is 29.9 Å². The van der Waals surface area contributed by atoms with E-state index in [1.807, 2.05) is 96.6 Å². The van der Waals surface area contributed by atoms with Crippen LogP contribution in [0.5, 0.6) is 0 Å². The van der Waals surface area contributed by atoms with E-state index in [-0.39, 0.29) is 29.5 Å². The summed E-state index contributed by atoms with van der Waals surface area (Å²) in [4.78, 5) is 35.9. The molecule has 9 rings (SSSR count). The molecule has 8 bridgehead atoms. The van der Waals surface area contributed by atoms with Crippen molar-refractivity contribution in [2.24, 2.45) is 28.2 Å². The van der Waals surface area contributed by atoms with Crippen molar-refractivity contribution in [3.63, 3.8) is 0 Å². The van der Waals surface area contributed by atoms with Crippen molar-refractivity contribution in [1.82, 2.24) is 58.1 Å². The number of nitrogens with one attached hydrogen (secondary N) is 2. The van der Waals surface area contributed by atoms with E-state index in [1.54, 1.807) is 0 Å². The molecule has 2 aliphatic rings. The molecule has 50 heavy (non-hydrogen) atoms. The summed E-state index contributed by atoms with van der Waals surface area (Å²) < 4.78 is 8.05. The van der Waals surface area contributed by atoms with E-state index >= 15 is 0 Å². The van der Waals surface area contributed by atoms with Crippen LogP contribution in [0.2, 0.25) is 0 Å². The second-order valence-corrected chi connectivity index (χ2v) is 12.1. The molecule has 2 N–H and O–H groups in total. The molecule has 2 aliphatic heterocycles. The third-order valence-electron chi connectivity index (χ3n) is 9.05. The standard InChI is InChI=1S/C36H30N12.ClH.Mn/c1-45-17-37-13-29(45)33-21-5-7-23(41-21)34(30-14-38-18-46(30)2)25-9-11-27(43-25)36(32-16-40-20-48(32)4)28-12-10-26(44-28)35(24-8-6-22(33)42-24)31-15-39-19-47(31)3;;/h5-20,41,44H,1-4H3;1H;/p-1. The number of H-pyrrole nitrogens is 2. The molecule has 0 aliphatic carbocycles. The first kappa shape index (κ1) is 32.8. The van der Waals surface area contributed by atoms with E-state index in [0.717, 1.165) is 89.9 Å². The fourth-order valence-corrected chi connectivity index (χ4v) is 6.68.